The lowest BCUT2D eigenvalue weighted by Gasteiger charge is -1.99. The number of para-hydroxylation sites is 2. The van der Waals surface area contributed by atoms with Crippen molar-refractivity contribution in [3.05, 3.63) is 71.3 Å². The topological polar surface area (TPSA) is 46.4 Å². The predicted octanol–water partition coefficient (Wildman–Crippen LogP) is 4.07. The number of carbonyl (C=O) groups is 1. The third-order valence-electron chi connectivity index (χ3n) is 3.91. The highest BCUT2D eigenvalue weighted by atomic mass is 32.2. The molecule has 0 spiro atoms. The minimum Gasteiger partial charge on any atom is -0.344 e. The molecular formula is C19H15N3OS. The molecule has 2 heterocycles. The van der Waals surface area contributed by atoms with Crippen molar-refractivity contribution in [2.75, 3.05) is 0 Å². The van der Waals surface area contributed by atoms with Crippen molar-refractivity contribution in [3.8, 4) is 0 Å². The summed E-state index contributed by atoms with van der Waals surface area (Å²) in [5, 5.41) is 4.59. The summed E-state index contributed by atoms with van der Waals surface area (Å²) in [4.78, 5) is 17.3. The van der Waals surface area contributed by atoms with Crippen LogP contribution in [-0.4, -0.2) is 15.6 Å². The van der Waals surface area contributed by atoms with Crippen molar-refractivity contribution in [2.24, 2.45) is 12.0 Å². The molecule has 24 heavy (non-hydrogen) atoms. The van der Waals surface area contributed by atoms with E-state index in [1.165, 1.54) is 11.8 Å². The van der Waals surface area contributed by atoms with E-state index in [0.29, 0.717) is 10.1 Å². The van der Waals surface area contributed by atoms with E-state index in [0.717, 1.165) is 22.3 Å². The van der Waals surface area contributed by atoms with Gasteiger partial charge in [-0.05, 0) is 42.1 Å². The number of aliphatic imine (C=N–C) groups is 1. The van der Waals surface area contributed by atoms with E-state index in [4.69, 9.17) is 0 Å². The molecule has 118 valence electrons. The highest BCUT2D eigenvalue weighted by Crippen LogP contribution is 2.29. The number of hydrogen-bond acceptors (Lipinski definition) is 3. The maximum Gasteiger partial charge on any atom is 0.264 e. The van der Waals surface area contributed by atoms with Crippen molar-refractivity contribution in [1.82, 2.24) is 9.88 Å². The van der Waals surface area contributed by atoms with Gasteiger partial charge in [-0.25, -0.2) is 4.99 Å². The lowest BCUT2D eigenvalue weighted by Crippen LogP contribution is -2.19. The van der Waals surface area contributed by atoms with Gasteiger partial charge in [0, 0.05) is 23.6 Å². The first-order valence-corrected chi connectivity index (χ1v) is 8.41. The SMILES string of the molecule is Cn1c(/C=C2/SC(=Nc3ccccc3)NC2=O)cc2ccccc21. The number of aryl methyl sites for hydroxylation is 1. The Hall–Kier alpha value is -2.79. The summed E-state index contributed by atoms with van der Waals surface area (Å²) in [5.41, 5.74) is 2.96. The standard InChI is InChI=1S/C19H15N3OS/c1-22-15(11-13-7-5-6-10-16(13)22)12-17-18(23)21-19(24-17)20-14-8-3-2-4-9-14/h2-12H,1H3,(H,20,21,23)/b17-12+. The Kier molecular flexibility index (Phi) is 3.70. The Morgan fingerprint density at radius 3 is 2.62 bits per heavy atom. The van der Waals surface area contributed by atoms with Gasteiger partial charge in [-0.1, -0.05) is 36.4 Å². The quantitative estimate of drug-likeness (QED) is 0.719. The Labute approximate surface area is 143 Å². The van der Waals surface area contributed by atoms with Crippen LogP contribution in [0.4, 0.5) is 5.69 Å². The van der Waals surface area contributed by atoms with E-state index in [1.54, 1.807) is 0 Å². The van der Waals surface area contributed by atoms with Gasteiger partial charge in [-0.3, -0.25) is 4.79 Å². The van der Waals surface area contributed by atoms with Crippen LogP contribution in [0.5, 0.6) is 0 Å². The molecule has 1 aromatic heterocycles. The second-order valence-corrected chi connectivity index (χ2v) is 6.53. The number of fused-ring (bicyclic) bond motifs is 1. The fraction of sp³-hybridized carbons (Fsp3) is 0.0526. The second-order valence-electron chi connectivity index (χ2n) is 5.50. The fourth-order valence-corrected chi connectivity index (χ4v) is 3.51. The summed E-state index contributed by atoms with van der Waals surface area (Å²) in [5.74, 6) is -0.111. The van der Waals surface area contributed by atoms with Crippen LogP contribution in [0.2, 0.25) is 0 Å². The zero-order valence-electron chi connectivity index (χ0n) is 13.1. The summed E-state index contributed by atoms with van der Waals surface area (Å²) in [7, 11) is 2.01. The molecule has 0 aliphatic carbocycles. The van der Waals surface area contributed by atoms with Gasteiger partial charge in [-0.15, -0.1) is 0 Å². The zero-order chi connectivity index (χ0) is 16.5. The molecule has 0 unspecified atom stereocenters. The molecule has 2 aromatic carbocycles. The molecule has 1 N–H and O–H groups in total. The lowest BCUT2D eigenvalue weighted by atomic mass is 10.2. The number of benzene rings is 2. The highest BCUT2D eigenvalue weighted by molar-refractivity contribution is 8.18. The number of aromatic nitrogens is 1. The fourth-order valence-electron chi connectivity index (χ4n) is 2.68. The molecular weight excluding hydrogens is 318 g/mol. The van der Waals surface area contributed by atoms with Gasteiger partial charge >= 0.3 is 0 Å². The molecule has 1 aliphatic heterocycles. The molecule has 0 bridgehead atoms. The molecule has 1 aliphatic rings. The molecule has 4 nitrogen and oxygen atoms in total. The Morgan fingerprint density at radius 2 is 1.83 bits per heavy atom. The number of rotatable bonds is 2. The molecule has 3 aromatic rings. The highest BCUT2D eigenvalue weighted by Gasteiger charge is 2.24. The third-order valence-corrected chi connectivity index (χ3v) is 4.82. The minimum atomic E-state index is -0.111. The van der Waals surface area contributed by atoms with Gasteiger partial charge in [0.1, 0.15) is 0 Å². The largest absolute Gasteiger partial charge is 0.344 e. The summed E-state index contributed by atoms with van der Waals surface area (Å²) in [6.07, 6.45) is 1.91. The monoisotopic (exact) mass is 333 g/mol. The Balaban J connectivity index is 1.66. The number of amides is 1. The number of hydrogen-bond donors (Lipinski definition) is 1. The Bertz CT molecular complexity index is 986. The van der Waals surface area contributed by atoms with Crippen molar-refractivity contribution >= 4 is 45.5 Å². The van der Waals surface area contributed by atoms with E-state index in [1.807, 2.05) is 55.6 Å². The number of amidine groups is 1. The van der Waals surface area contributed by atoms with Crippen LogP contribution in [0.3, 0.4) is 0 Å². The maximum absolute atomic E-state index is 12.2. The van der Waals surface area contributed by atoms with Crippen molar-refractivity contribution in [2.45, 2.75) is 0 Å². The van der Waals surface area contributed by atoms with E-state index in [9.17, 15) is 4.79 Å². The van der Waals surface area contributed by atoms with Crippen LogP contribution in [0.25, 0.3) is 17.0 Å². The van der Waals surface area contributed by atoms with E-state index >= 15 is 0 Å². The van der Waals surface area contributed by atoms with Gasteiger partial charge in [0.15, 0.2) is 5.17 Å². The molecule has 1 amide bonds. The number of carbonyl (C=O) groups excluding carboxylic acids is 1. The Morgan fingerprint density at radius 1 is 1.08 bits per heavy atom. The van der Waals surface area contributed by atoms with Gasteiger partial charge < -0.3 is 9.88 Å². The lowest BCUT2D eigenvalue weighted by molar-refractivity contribution is -0.115. The van der Waals surface area contributed by atoms with Gasteiger partial charge in [0.2, 0.25) is 0 Å². The maximum atomic E-state index is 12.2. The first-order chi connectivity index (χ1) is 11.7. The average molecular weight is 333 g/mol. The molecule has 1 saturated heterocycles. The van der Waals surface area contributed by atoms with E-state index in [-0.39, 0.29) is 5.91 Å². The molecule has 0 saturated carbocycles. The van der Waals surface area contributed by atoms with Crippen molar-refractivity contribution < 1.29 is 4.79 Å². The molecule has 4 rings (SSSR count). The van der Waals surface area contributed by atoms with Crippen molar-refractivity contribution in [3.63, 3.8) is 0 Å². The van der Waals surface area contributed by atoms with Crippen LogP contribution in [0.1, 0.15) is 5.69 Å². The summed E-state index contributed by atoms with van der Waals surface area (Å²) in [6, 6.07) is 19.9. The van der Waals surface area contributed by atoms with Gasteiger partial charge in [-0.2, -0.15) is 0 Å². The zero-order valence-corrected chi connectivity index (χ0v) is 13.9. The summed E-state index contributed by atoms with van der Waals surface area (Å²) >= 11 is 1.36. The summed E-state index contributed by atoms with van der Waals surface area (Å²) in [6.45, 7) is 0. The minimum absolute atomic E-state index is 0.111. The first kappa shape index (κ1) is 14.8. The van der Waals surface area contributed by atoms with Gasteiger partial charge in [0.05, 0.1) is 10.6 Å². The van der Waals surface area contributed by atoms with Gasteiger partial charge in [0.25, 0.3) is 5.91 Å². The summed E-state index contributed by atoms with van der Waals surface area (Å²) < 4.78 is 2.09. The number of thioether (sulfide) groups is 1. The van der Waals surface area contributed by atoms with Crippen LogP contribution < -0.4 is 5.32 Å². The van der Waals surface area contributed by atoms with Crippen LogP contribution >= 0.6 is 11.8 Å². The van der Waals surface area contributed by atoms with Crippen LogP contribution in [-0.2, 0) is 11.8 Å². The molecule has 5 heteroatoms. The van der Waals surface area contributed by atoms with E-state index in [2.05, 4.69) is 33.1 Å². The van der Waals surface area contributed by atoms with Crippen LogP contribution in [0, 0.1) is 0 Å². The molecule has 1 fully saturated rings. The smallest absolute Gasteiger partial charge is 0.264 e. The first-order valence-electron chi connectivity index (χ1n) is 7.60. The third kappa shape index (κ3) is 2.74. The van der Waals surface area contributed by atoms with E-state index < -0.39 is 0 Å². The predicted molar refractivity (Wildman–Crippen MR) is 100 cm³/mol. The molecule has 0 atom stereocenters. The normalized spacial score (nSPS) is 17.8. The molecule has 0 radical (unpaired) electrons. The number of nitrogens with zero attached hydrogens (tertiary/aromatic N) is 2. The van der Waals surface area contributed by atoms with Crippen molar-refractivity contribution in [1.29, 1.82) is 0 Å². The number of nitrogens with one attached hydrogen (secondary N) is 1. The average Bonchev–Trinajstić information content (AvgIpc) is 3.09. The van der Waals surface area contributed by atoms with Crippen LogP contribution in [0.15, 0.2) is 70.6 Å². The second kappa shape index (κ2) is 6.02.